The van der Waals surface area contributed by atoms with Crippen LogP contribution < -0.4 is 0 Å². The molecule has 0 saturated carbocycles. The van der Waals surface area contributed by atoms with Gasteiger partial charge in [0.15, 0.2) is 0 Å². The molecule has 0 N–H and O–H groups in total. The van der Waals surface area contributed by atoms with E-state index in [-0.39, 0.29) is 0 Å². The van der Waals surface area contributed by atoms with Gasteiger partial charge in [0.2, 0.25) is 0 Å². The van der Waals surface area contributed by atoms with Crippen molar-refractivity contribution in [2.75, 3.05) is 6.61 Å². The molecule has 0 amide bonds. The van der Waals surface area contributed by atoms with Gasteiger partial charge in [0, 0.05) is 11.3 Å². The molecular weight excluding hydrogens is 144 g/mol. The molecule has 2 heteroatoms. The number of ether oxygens (including phenoxy) is 1. The lowest BCUT2D eigenvalue weighted by Crippen LogP contribution is -1.87. The summed E-state index contributed by atoms with van der Waals surface area (Å²) < 4.78 is 5.13. The van der Waals surface area contributed by atoms with Crippen LogP contribution in [0.3, 0.4) is 0 Å². The van der Waals surface area contributed by atoms with Gasteiger partial charge in [0.1, 0.15) is 0 Å². The van der Waals surface area contributed by atoms with Crippen molar-refractivity contribution in [3.05, 3.63) is 21.9 Å². The first kappa shape index (κ1) is 6.38. The summed E-state index contributed by atoms with van der Waals surface area (Å²) in [5.41, 5.74) is 1.38. The summed E-state index contributed by atoms with van der Waals surface area (Å²) in [6.45, 7) is 3.10. The number of aryl methyl sites for hydroxylation is 1. The van der Waals surface area contributed by atoms with Crippen LogP contribution in [0.25, 0.3) is 0 Å². The average molecular weight is 154 g/mol. The van der Waals surface area contributed by atoms with Gasteiger partial charge in [0.25, 0.3) is 0 Å². The molecule has 54 valence electrons. The van der Waals surface area contributed by atoms with E-state index in [0.29, 0.717) is 6.10 Å². The Morgan fingerprint density at radius 1 is 1.80 bits per heavy atom. The summed E-state index contributed by atoms with van der Waals surface area (Å²) in [4.78, 5) is 1.46. The lowest BCUT2D eigenvalue weighted by Gasteiger charge is -1.86. The topological polar surface area (TPSA) is 12.5 Å². The van der Waals surface area contributed by atoms with E-state index in [0.717, 1.165) is 13.0 Å². The molecule has 1 saturated heterocycles. The summed E-state index contributed by atoms with van der Waals surface area (Å²) in [6.07, 6.45) is 1.66. The molecule has 1 aliphatic rings. The maximum atomic E-state index is 5.13. The van der Waals surface area contributed by atoms with Crippen molar-refractivity contribution >= 4 is 11.3 Å². The Morgan fingerprint density at radius 2 is 2.60 bits per heavy atom. The van der Waals surface area contributed by atoms with Gasteiger partial charge in [0.05, 0.1) is 12.7 Å². The van der Waals surface area contributed by atoms with Crippen LogP contribution in [0.5, 0.6) is 0 Å². The van der Waals surface area contributed by atoms with Crippen molar-refractivity contribution in [3.63, 3.8) is 0 Å². The first-order valence-electron chi connectivity index (χ1n) is 3.50. The van der Waals surface area contributed by atoms with Crippen molar-refractivity contribution in [2.45, 2.75) is 19.4 Å². The van der Waals surface area contributed by atoms with E-state index in [4.69, 9.17) is 4.74 Å². The number of thiophene rings is 1. The quantitative estimate of drug-likeness (QED) is 0.593. The molecule has 1 atom stereocenters. The number of hydrogen-bond acceptors (Lipinski definition) is 2. The van der Waals surface area contributed by atoms with Crippen LogP contribution in [0.1, 0.15) is 10.4 Å². The smallest absolute Gasteiger partial charge is 0.0858 e. The van der Waals surface area contributed by atoms with E-state index in [1.165, 1.54) is 10.4 Å². The largest absolute Gasteiger partial charge is 0.373 e. The van der Waals surface area contributed by atoms with Gasteiger partial charge >= 0.3 is 0 Å². The van der Waals surface area contributed by atoms with E-state index < -0.39 is 0 Å². The Morgan fingerprint density at radius 3 is 3.10 bits per heavy atom. The van der Waals surface area contributed by atoms with Gasteiger partial charge in [-0.15, -0.1) is 11.3 Å². The Hall–Kier alpha value is -0.340. The first-order chi connectivity index (χ1) is 4.84. The summed E-state index contributed by atoms with van der Waals surface area (Å²) in [5.74, 6) is 0. The van der Waals surface area contributed by atoms with Crippen LogP contribution in [-0.4, -0.2) is 12.7 Å². The Bertz CT molecular complexity index is 225. The van der Waals surface area contributed by atoms with Crippen LogP contribution in [0.15, 0.2) is 11.4 Å². The molecule has 1 nitrogen and oxygen atoms in total. The highest BCUT2D eigenvalue weighted by Gasteiger charge is 2.22. The number of rotatable bonds is 2. The maximum absolute atomic E-state index is 5.13. The third-order valence-electron chi connectivity index (χ3n) is 1.62. The van der Waals surface area contributed by atoms with E-state index >= 15 is 0 Å². The van der Waals surface area contributed by atoms with Gasteiger partial charge in [-0.1, -0.05) is 0 Å². The number of hydrogen-bond donors (Lipinski definition) is 0. The highest BCUT2D eigenvalue weighted by atomic mass is 32.1. The highest BCUT2D eigenvalue weighted by molar-refractivity contribution is 7.10. The third kappa shape index (κ3) is 1.39. The third-order valence-corrected chi connectivity index (χ3v) is 2.69. The minimum Gasteiger partial charge on any atom is -0.373 e. The molecule has 0 aromatic carbocycles. The summed E-state index contributed by atoms with van der Waals surface area (Å²) in [7, 11) is 0. The fourth-order valence-electron chi connectivity index (χ4n) is 1.01. The predicted molar refractivity (Wildman–Crippen MR) is 42.5 cm³/mol. The second-order valence-corrected chi connectivity index (χ2v) is 3.75. The van der Waals surface area contributed by atoms with Gasteiger partial charge in [-0.25, -0.2) is 0 Å². The summed E-state index contributed by atoms with van der Waals surface area (Å²) in [6, 6.07) is 2.24. The molecule has 0 aliphatic carbocycles. The van der Waals surface area contributed by atoms with E-state index in [1.807, 2.05) is 11.3 Å². The molecule has 0 spiro atoms. The minimum atomic E-state index is 0.540. The number of epoxide rings is 1. The fourth-order valence-corrected chi connectivity index (χ4v) is 1.95. The van der Waals surface area contributed by atoms with Crippen LogP contribution in [0, 0.1) is 6.92 Å². The van der Waals surface area contributed by atoms with Crippen LogP contribution in [0.4, 0.5) is 0 Å². The fraction of sp³-hybridized carbons (Fsp3) is 0.500. The molecule has 0 bridgehead atoms. The zero-order valence-corrected chi connectivity index (χ0v) is 6.78. The molecule has 1 unspecified atom stereocenters. The first-order valence-corrected chi connectivity index (χ1v) is 4.38. The van der Waals surface area contributed by atoms with Crippen LogP contribution in [-0.2, 0) is 11.2 Å². The molecule has 2 heterocycles. The highest BCUT2D eigenvalue weighted by Crippen LogP contribution is 2.21. The standard InChI is InChI=1S/C8H10OS/c1-6-2-8(10-5-6)3-7-4-9-7/h2,5,7H,3-4H2,1H3. The molecule has 2 rings (SSSR count). The van der Waals surface area contributed by atoms with Gasteiger partial charge in [-0.3, -0.25) is 0 Å². The van der Waals surface area contributed by atoms with Gasteiger partial charge in [-0.2, -0.15) is 0 Å². The van der Waals surface area contributed by atoms with Crippen molar-refractivity contribution < 1.29 is 4.74 Å². The lowest BCUT2D eigenvalue weighted by atomic mass is 10.2. The predicted octanol–water partition coefficient (Wildman–Crippen LogP) is 2.00. The molecule has 1 aromatic rings. The molecular formula is C8H10OS. The average Bonchev–Trinajstić information content (AvgIpc) is 2.59. The molecule has 1 fully saturated rings. The van der Waals surface area contributed by atoms with E-state index in [1.54, 1.807) is 0 Å². The second kappa shape index (κ2) is 2.36. The second-order valence-electron chi connectivity index (χ2n) is 2.75. The normalized spacial score (nSPS) is 23.1. The summed E-state index contributed by atoms with van der Waals surface area (Å²) in [5, 5.41) is 2.19. The van der Waals surface area contributed by atoms with Gasteiger partial charge < -0.3 is 4.74 Å². The minimum absolute atomic E-state index is 0.540. The van der Waals surface area contributed by atoms with Gasteiger partial charge in [-0.05, 0) is 23.9 Å². The van der Waals surface area contributed by atoms with Crippen LogP contribution in [0.2, 0.25) is 0 Å². The van der Waals surface area contributed by atoms with E-state index in [9.17, 15) is 0 Å². The van der Waals surface area contributed by atoms with Crippen molar-refractivity contribution in [1.82, 2.24) is 0 Å². The Kier molecular flexibility index (Phi) is 1.51. The van der Waals surface area contributed by atoms with Crippen molar-refractivity contribution in [3.8, 4) is 0 Å². The lowest BCUT2D eigenvalue weighted by molar-refractivity contribution is 0.408. The molecule has 1 aromatic heterocycles. The Balaban J connectivity index is 2.03. The van der Waals surface area contributed by atoms with Crippen molar-refractivity contribution in [2.24, 2.45) is 0 Å². The van der Waals surface area contributed by atoms with E-state index in [2.05, 4.69) is 18.4 Å². The maximum Gasteiger partial charge on any atom is 0.0858 e. The van der Waals surface area contributed by atoms with Crippen molar-refractivity contribution in [1.29, 1.82) is 0 Å². The van der Waals surface area contributed by atoms with Crippen LogP contribution >= 0.6 is 11.3 Å². The molecule has 0 radical (unpaired) electrons. The zero-order chi connectivity index (χ0) is 6.97. The zero-order valence-electron chi connectivity index (χ0n) is 5.96. The molecule has 10 heavy (non-hydrogen) atoms. The monoisotopic (exact) mass is 154 g/mol. The molecule has 1 aliphatic heterocycles. The summed E-state index contributed by atoms with van der Waals surface area (Å²) >= 11 is 1.84. The Labute approximate surface area is 64.6 Å². The SMILES string of the molecule is Cc1csc(CC2CO2)c1.